The number of hydrogen-bond donors (Lipinski definition) is 1. The van der Waals surface area contributed by atoms with Crippen LogP contribution in [0.4, 0.5) is 0 Å². The van der Waals surface area contributed by atoms with Crippen molar-refractivity contribution in [2.45, 2.75) is 25.3 Å². The molecule has 2 N–H and O–H groups in total. The second kappa shape index (κ2) is 3.38. The molecule has 1 heterocycles. The molecule has 0 amide bonds. The Kier molecular flexibility index (Phi) is 2.21. The van der Waals surface area contributed by atoms with E-state index in [0.29, 0.717) is 11.8 Å². The maximum Gasteiger partial charge on any atom is 0.240 e. The van der Waals surface area contributed by atoms with Crippen LogP contribution >= 0.6 is 0 Å². The lowest BCUT2D eigenvalue weighted by Crippen LogP contribution is -2.18. The largest absolute Gasteiger partial charge is 0.419 e. The summed E-state index contributed by atoms with van der Waals surface area (Å²) in [6.45, 7) is 1.95. The first-order chi connectivity index (χ1) is 6.74. The zero-order valence-corrected chi connectivity index (χ0v) is 8.10. The van der Waals surface area contributed by atoms with E-state index < -0.39 is 0 Å². The molecule has 1 aliphatic rings. The van der Waals surface area contributed by atoms with Crippen molar-refractivity contribution in [3.05, 3.63) is 30.0 Å². The highest BCUT2D eigenvalue weighted by Crippen LogP contribution is 2.41. The first-order valence-corrected chi connectivity index (χ1v) is 4.67. The molecule has 4 heteroatoms. The molecule has 0 radical (unpaired) electrons. The fourth-order valence-electron chi connectivity index (χ4n) is 1.10. The molecule has 1 aromatic heterocycles. The van der Waals surface area contributed by atoms with Crippen molar-refractivity contribution >= 4 is 6.08 Å². The molecule has 14 heavy (non-hydrogen) atoms. The maximum absolute atomic E-state index is 5.90. The van der Waals surface area contributed by atoms with Crippen molar-refractivity contribution in [2.24, 2.45) is 5.73 Å². The Bertz CT molecular complexity index is 374. The molecule has 1 aliphatic carbocycles. The monoisotopic (exact) mass is 191 g/mol. The standard InChI is InChI=1S/C10H13N3O/c1-2-3-4-5-8-12-13-9(14-8)10(11)6-7-10/h2-5H,6-7,11H2,1H3/b3-2+,5-4+. The van der Waals surface area contributed by atoms with Gasteiger partial charge in [0.05, 0.1) is 5.54 Å². The fourth-order valence-corrected chi connectivity index (χ4v) is 1.10. The van der Waals surface area contributed by atoms with E-state index in [1.807, 2.05) is 25.2 Å². The highest BCUT2D eigenvalue weighted by molar-refractivity contribution is 5.40. The van der Waals surface area contributed by atoms with Crippen LogP contribution in [-0.4, -0.2) is 10.2 Å². The smallest absolute Gasteiger partial charge is 0.240 e. The summed E-state index contributed by atoms with van der Waals surface area (Å²) in [5.74, 6) is 1.06. The molecule has 0 aromatic carbocycles. The van der Waals surface area contributed by atoms with Crippen molar-refractivity contribution in [3.8, 4) is 0 Å². The van der Waals surface area contributed by atoms with E-state index in [9.17, 15) is 0 Å². The summed E-state index contributed by atoms with van der Waals surface area (Å²) in [6.07, 6.45) is 9.33. The molecule has 1 aromatic rings. The number of nitrogens with zero attached hydrogens (tertiary/aromatic N) is 2. The summed E-state index contributed by atoms with van der Waals surface area (Å²) in [7, 11) is 0. The van der Waals surface area contributed by atoms with Crippen molar-refractivity contribution in [2.75, 3.05) is 0 Å². The molecule has 1 fully saturated rings. The highest BCUT2D eigenvalue weighted by Gasteiger charge is 2.45. The van der Waals surface area contributed by atoms with Gasteiger partial charge in [-0.2, -0.15) is 0 Å². The molecule has 0 unspecified atom stereocenters. The molecule has 2 rings (SSSR count). The zero-order chi connectivity index (χ0) is 10.0. The molecule has 1 saturated carbocycles. The Morgan fingerprint density at radius 3 is 2.79 bits per heavy atom. The third-order valence-electron chi connectivity index (χ3n) is 2.20. The quantitative estimate of drug-likeness (QED) is 0.737. The minimum atomic E-state index is -0.334. The van der Waals surface area contributed by atoms with Crippen molar-refractivity contribution in [1.29, 1.82) is 0 Å². The van der Waals surface area contributed by atoms with E-state index in [4.69, 9.17) is 10.2 Å². The molecular weight excluding hydrogens is 178 g/mol. The molecular formula is C10H13N3O. The van der Waals surface area contributed by atoms with E-state index in [0.717, 1.165) is 12.8 Å². The average Bonchev–Trinajstić information content (AvgIpc) is 2.76. The van der Waals surface area contributed by atoms with Crippen LogP contribution in [0.5, 0.6) is 0 Å². The van der Waals surface area contributed by atoms with Gasteiger partial charge in [-0.3, -0.25) is 0 Å². The molecule has 4 nitrogen and oxygen atoms in total. The molecule has 0 aliphatic heterocycles. The van der Waals surface area contributed by atoms with E-state index in [1.54, 1.807) is 6.08 Å². The van der Waals surface area contributed by atoms with Crippen LogP contribution in [0.1, 0.15) is 31.5 Å². The highest BCUT2D eigenvalue weighted by atomic mass is 16.4. The van der Waals surface area contributed by atoms with Gasteiger partial charge in [0.15, 0.2) is 0 Å². The first kappa shape index (κ1) is 9.15. The van der Waals surface area contributed by atoms with Crippen LogP contribution in [0.2, 0.25) is 0 Å². The summed E-state index contributed by atoms with van der Waals surface area (Å²) in [6, 6.07) is 0. The number of rotatable bonds is 3. The van der Waals surface area contributed by atoms with Crippen molar-refractivity contribution in [3.63, 3.8) is 0 Å². The van der Waals surface area contributed by atoms with E-state index in [1.165, 1.54) is 0 Å². The predicted octanol–water partition coefficient (Wildman–Crippen LogP) is 1.61. The van der Waals surface area contributed by atoms with Gasteiger partial charge in [-0.05, 0) is 19.8 Å². The molecule has 0 saturated heterocycles. The number of hydrogen-bond acceptors (Lipinski definition) is 4. The van der Waals surface area contributed by atoms with Gasteiger partial charge in [-0.15, -0.1) is 10.2 Å². The maximum atomic E-state index is 5.90. The van der Waals surface area contributed by atoms with Crippen molar-refractivity contribution in [1.82, 2.24) is 10.2 Å². The average molecular weight is 191 g/mol. The topological polar surface area (TPSA) is 64.9 Å². The van der Waals surface area contributed by atoms with Gasteiger partial charge in [0.1, 0.15) is 0 Å². The molecule has 0 bridgehead atoms. The van der Waals surface area contributed by atoms with Gasteiger partial charge in [-0.1, -0.05) is 18.2 Å². The normalized spacial score (nSPS) is 19.6. The summed E-state index contributed by atoms with van der Waals surface area (Å²) in [5.41, 5.74) is 5.57. The SMILES string of the molecule is C/C=C/C=C/c1nnc(C2(N)CC2)o1. The minimum absolute atomic E-state index is 0.334. The Morgan fingerprint density at radius 1 is 1.36 bits per heavy atom. The van der Waals surface area contributed by atoms with Crippen LogP contribution in [0.3, 0.4) is 0 Å². The minimum Gasteiger partial charge on any atom is -0.419 e. The lowest BCUT2D eigenvalue weighted by Gasteiger charge is -1.97. The van der Waals surface area contributed by atoms with E-state index in [2.05, 4.69) is 10.2 Å². The fraction of sp³-hybridized carbons (Fsp3) is 0.400. The summed E-state index contributed by atoms with van der Waals surface area (Å²) >= 11 is 0. The van der Waals surface area contributed by atoms with Crippen molar-refractivity contribution < 1.29 is 4.42 Å². The third kappa shape index (κ3) is 1.75. The summed E-state index contributed by atoms with van der Waals surface area (Å²) in [4.78, 5) is 0. The van der Waals surface area contributed by atoms with Gasteiger partial charge in [0, 0.05) is 6.08 Å². The van der Waals surface area contributed by atoms with Gasteiger partial charge >= 0.3 is 0 Å². The van der Waals surface area contributed by atoms with Crippen LogP contribution in [0.25, 0.3) is 6.08 Å². The van der Waals surface area contributed by atoms with Gasteiger partial charge in [-0.25, -0.2) is 0 Å². The third-order valence-corrected chi connectivity index (χ3v) is 2.20. The number of nitrogens with two attached hydrogens (primary N) is 1. The van der Waals surface area contributed by atoms with E-state index in [-0.39, 0.29) is 5.54 Å². The van der Waals surface area contributed by atoms with Crippen LogP contribution in [0.15, 0.2) is 22.6 Å². The second-order valence-electron chi connectivity index (χ2n) is 3.49. The van der Waals surface area contributed by atoms with E-state index >= 15 is 0 Å². The summed E-state index contributed by atoms with van der Waals surface area (Å²) < 4.78 is 5.39. The Hall–Kier alpha value is -1.42. The predicted molar refractivity (Wildman–Crippen MR) is 53.2 cm³/mol. The zero-order valence-electron chi connectivity index (χ0n) is 8.10. The Balaban J connectivity index is 2.10. The summed E-state index contributed by atoms with van der Waals surface area (Å²) in [5, 5.41) is 7.79. The van der Waals surface area contributed by atoms with Gasteiger partial charge < -0.3 is 10.2 Å². The molecule has 74 valence electrons. The molecule has 0 atom stereocenters. The number of aromatic nitrogens is 2. The van der Waals surface area contributed by atoms with Gasteiger partial charge in [0.2, 0.25) is 11.8 Å². The van der Waals surface area contributed by atoms with Crippen LogP contribution in [0, 0.1) is 0 Å². The van der Waals surface area contributed by atoms with Gasteiger partial charge in [0.25, 0.3) is 0 Å². The lowest BCUT2D eigenvalue weighted by atomic mass is 10.3. The lowest BCUT2D eigenvalue weighted by molar-refractivity contribution is 0.434. The first-order valence-electron chi connectivity index (χ1n) is 4.67. The Morgan fingerprint density at radius 2 is 2.14 bits per heavy atom. The van der Waals surface area contributed by atoms with Crippen LogP contribution < -0.4 is 5.73 Å². The molecule has 0 spiro atoms. The van der Waals surface area contributed by atoms with Crippen LogP contribution in [-0.2, 0) is 5.54 Å². The number of allylic oxidation sites excluding steroid dienone is 3. The second-order valence-corrected chi connectivity index (χ2v) is 3.49. The Labute approximate surface area is 82.5 Å².